The minimum Gasteiger partial charge on any atom is -0.300 e. The van der Waals surface area contributed by atoms with Crippen LogP contribution in [-0.4, -0.2) is 15.3 Å². The summed E-state index contributed by atoms with van der Waals surface area (Å²) >= 11 is 12.8. The molecule has 1 amide bonds. The van der Waals surface area contributed by atoms with Crippen LogP contribution in [0.5, 0.6) is 0 Å². The highest BCUT2D eigenvalue weighted by molar-refractivity contribution is 7.10. The van der Waals surface area contributed by atoms with E-state index in [1.807, 2.05) is 0 Å². The van der Waals surface area contributed by atoms with Crippen molar-refractivity contribution in [1.29, 1.82) is 5.26 Å². The first-order chi connectivity index (χ1) is 9.10. The normalized spacial score (nSPS) is 9.95. The predicted octanol–water partition coefficient (Wildman–Crippen LogP) is 3.36. The van der Waals surface area contributed by atoms with E-state index in [2.05, 4.69) is 14.7 Å². The van der Waals surface area contributed by atoms with Crippen molar-refractivity contribution in [2.45, 2.75) is 6.42 Å². The van der Waals surface area contributed by atoms with Crippen molar-refractivity contribution in [3.05, 3.63) is 28.2 Å². The van der Waals surface area contributed by atoms with Crippen LogP contribution in [0.15, 0.2) is 18.2 Å². The van der Waals surface area contributed by atoms with Gasteiger partial charge in [-0.3, -0.25) is 10.1 Å². The fourth-order valence-corrected chi connectivity index (χ4v) is 2.17. The standard InChI is InChI=1S/C11H6Cl2N4OS/c12-7-2-1-6(5-8(7)13)10-16-11(19-17-10)15-9(18)3-4-14/h1-2,5H,3H2,(H,15,16,17,18). The summed E-state index contributed by atoms with van der Waals surface area (Å²) < 4.78 is 4.10. The predicted molar refractivity (Wildman–Crippen MR) is 74.2 cm³/mol. The van der Waals surface area contributed by atoms with E-state index in [1.54, 1.807) is 24.3 Å². The number of nitrogens with zero attached hydrogens (tertiary/aromatic N) is 3. The molecule has 0 aliphatic carbocycles. The second kappa shape index (κ2) is 5.97. The zero-order chi connectivity index (χ0) is 13.8. The molecule has 1 aromatic carbocycles. The Morgan fingerprint density at radius 3 is 2.89 bits per heavy atom. The van der Waals surface area contributed by atoms with E-state index in [0.29, 0.717) is 26.6 Å². The lowest BCUT2D eigenvalue weighted by atomic mass is 10.2. The fourth-order valence-electron chi connectivity index (χ4n) is 1.26. The molecule has 0 aliphatic heterocycles. The van der Waals surface area contributed by atoms with Crippen molar-refractivity contribution in [3.8, 4) is 17.5 Å². The molecule has 1 heterocycles. The highest BCUT2D eigenvalue weighted by atomic mass is 35.5. The number of carbonyl (C=O) groups is 1. The van der Waals surface area contributed by atoms with Gasteiger partial charge in [-0.1, -0.05) is 23.2 Å². The topological polar surface area (TPSA) is 78.7 Å². The highest BCUT2D eigenvalue weighted by Crippen LogP contribution is 2.28. The molecule has 2 aromatic rings. The third-order valence-electron chi connectivity index (χ3n) is 2.09. The van der Waals surface area contributed by atoms with Gasteiger partial charge in [0.15, 0.2) is 5.82 Å². The summed E-state index contributed by atoms with van der Waals surface area (Å²) in [5, 5.41) is 12.1. The first-order valence-corrected chi connectivity index (χ1v) is 6.59. The minimum atomic E-state index is -0.417. The monoisotopic (exact) mass is 312 g/mol. The van der Waals surface area contributed by atoms with Gasteiger partial charge >= 0.3 is 0 Å². The van der Waals surface area contributed by atoms with E-state index >= 15 is 0 Å². The number of nitrogens with one attached hydrogen (secondary N) is 1. The zero-order valence-corrected chi connectivity index (χ0v) is 11.7. The van der Waals surface area contributed by atoms with Crippen LogP contribution in [0.2, 0.25) is 10.0 Å². The van der Waals surface area contributed by atoms with Gasteiger partial charge in [0, 0.05) is 17.1 Å². The molecule has 0 saturated heterocycles. The van der Waals surface area contributed by atoms with Crippen molar-refractivity contribution >= 4 is 45.8 Å². The molecule has 5 nitrogen and oxygen atoms in total. The molecule has 0 saturated carbocycles. The fraction of sp³-hybridized carbons (Fsp3) is 0.0909. The first-order valence-electron chi connectivity index (χ1n) is 5.06. The number of aromatic nitrogens is 2. The van der Waals surface area contributed by atoms with E-state index in [-0.39, 0.29) is 6.42 Å². The van der Waals surface area contributed by atoms with Gasteiger partial charge in [0.2, 0.25) is 11.0 Å². The van der Waals surface area contributed by atoms with Crippen molar-refractivity contribution in [2.75, 3.05) is 5.32 Å². The molecule has 1 N–H and O–H groups in total. The summed E-state index contributed by atoms with van der Waals surface area (Å²) in [7, 11) is 0. The zero-order valence-electron chi connectivity index (χ0n) is 9.35. The number of amides is 1. The lowest BCUT2D eigenvalue weighted by molar-refractivity contribution is -0.115. The van der Waals surface area contributed by atoms with Crippen LogP contribution < -0.4 is 5.32 Å². The molecule has 0 radical (unpaired) electrons. The van der Waals surface area contributed by atoms with Crippen LogP contribution in [0.25, 0.3) is 11.4 Å². The Morgan fingerprint density at radius 1 is 1.42 bits per heavy atom. The summed E-state index contributed by atoms with van der Waals surface area (Å²) in [5.74, 6) is 0.0233. The number of nitriles is 1. The quantitative estimate of drug-likeness (QED) is 0.942. The van der Waals surface area contributed by atoms with Crippen molar-refractivity contribution in [1.82, 2.24) is 9.36 Å². The number of carbonyl (C=O) groups excluding carboxylic acids is 1. The molecule has 0 spiro atoms. The molecule has 0 aliphatic rings. The Hall–Kier alpha value is -1.68. The summed E-state index contributed by atoms with van der Waals surface area (Å²) in [5.41, 5.74) is 0.700. The van der Waals surface area contributed by atoms with Crippen LogP contribution in [0.4, 0.5) is 5.13 Å². The summed E-state index contributed by atoms with van der Waals surface area (Å²) in [6, 6.07) is 6.78. The number of anilines is 1. The second-order valence-electron chi connectivity index (χ2n) is 3.44. The number of halogens is 2. The largest absolute Gasteiger partial charge is 0.300 e. The van der Waals surface area contributed by atoms with Gasteiger partial charge < -0.3 is 0 Å². The molecule has 0 bridgehead atoms. The van der Waals surface area contributed by atoms with Gasteiger partial charge in [0.05, 0.1) is 16.1 Å². The van der Waals surface area contributed by atoms with Gasteiger partial charge in [-0.05, 0) is 18.2 Å². The molecule has 0 atom stereocenters. The molecule has 0 unspecified atom stereocenters. The van der Waals surface area contributed by atoms with E-state index in [0.717, 1.165) is 11.5 Å². The average Bonchev–Trinajstić information content (AvgIpc) is 2.81. The van der Waals surface area contributed by atoms with Crippen molar-refractivity contribution in [2.24, 2.45) is 0 Å². The number of hydrogen-bond acceptors (Lipinski definition) is 5. The third-order valence-corrected chi connectivity index (χ3v) is 3.46. The maximum absolute atomic E-state index is 11.2. The molecule has 1 aromatic heterocycles. The van der Waals surface area contributed by atoms with Gasteiger partial charge in [-0.2, -0.15) is 14.6 Å². The Bertz CT molecular complexity index is 665. The Kier molecular flexibility index (Phi) is 4.32. The van der Waals surface area contributed by atoms with Crippen LogP contribution in [0, 0.1) is 11.3 Å². The summed E-state index contributed by atoms with van der Waals surface area (Å²) in [6.07, 6.45) is -0.221. The summed E-state index contributed by atoms with van der Waals surface area (Å²) in [4.78, 5) is 15.4. The second-order valence-corrected chi connectivity index (χ2v) is 5.00. The molecule has 2 rings (SSSR count). The van der Waals surface area contributed by atoms with E-state index in [1.165, 1.54) is 0 Å². The Labute approximate surface area is 123 Å². The number of hydrogen-bond donors (Lipinski definition) is 1. The van der Waals surface area contributed by atoms with E-state index < -0.39 is 5.91 Å². The third kappa shape index (κ3) is 3.41. The maximum Gasteiger partial charge on any atom is 0.240 e. The first kappa shape index (κ1) is 13.7. The minimum absolute atomic E-state index is 0.221. The molecular weight excluding hydrogens is 307 g/mol. The van der Waals surface area contributed by atoms with Crippen molar-refractivity contribution < 1.29 is 4.79 Å². The van der Waals surface area contributed by atoms with Gasteiger partial charge in [0.1, 0.15) is 6.42 Å². The highest BCUT2D eigenvalue weighted by Gasteiger charge is 2.10. The number of benzene rings is 1. The smallest absolute Gasteiger partial charge is 0.240 e. The van der Waals surface area contributed by atoms with Crippen LogP contribution in [0.3, 0.4) is 0 Å². The molecule has 0 fully saturated rings. The van der Waals surface area contributed by atoms with Crippen molar-refractivity contribution in [3.63, 3.8) is 0 Å². The van der Waals surface area contributed by atoms with Crippen LogP contribution >= 0.6 is 34.7 Å². The SMILES string of the molecule is N#CCC(=O)Nc1nc(-c2ccc(Cl)c(Cl)c2)ns1. The molecular formula is C11H6Cl2N4OS. The van der Waals surface area contributed by atoms with Crippen LogP contribution in [0.1, 0.15) is 6.42 Å². The lowest BCUT2D eigenvalue weighted by Gasteiger charge is -1.98. The van der Waals surface area contributed by atoms with Gasteiger partial charge in [0.25, 0.3) is 0 Å². The van der Waals surface area contributed by atoms with Gasteiger partial charge in [-0.25, -0.2) is 0 Å². The summed E-state index contributed by atoms with van der Waals surface area (Å²) in [6.45, 7) is 0. The molecule has 19 heavy (non-hydrogen) atoms. The number of rotatable bonds is 3. The Morgan fingerprint density at radius 2 is 2.21 bits per heavy atom. The van der Waals surface area contributed by atoms with Crippen LogP contribution in [-0.2, 0) is 4.79 Å². The lowest BCUT2D eigenvalue weighted by Crippen LogP contribution is -2.09. The maximum atomic E-state index is 11.2. The average molecular weight is 313 g/mol. The molecule has 8 heteroatoms. The Balaban J connectivity index is 2.19. The molecule has 96 valence electrons. The van der Waals surface area contributed by atoms with E-state index in [9.17, 15) is 4.79 Å². The van der Waals surface area contributed by atoms with Gasteiger partial charge in [-0.15, -0.1) is 0 Å². The van der Waals surface area contributed by atoms with E-state index in [4.69, 9.17) is 28.5 Å².